The normalized spacial score (nSPS) is 16.4. The number of aliphatic hydroxyl groups is 3. The van der Waals surface area contributed by atoms with E-state index in [2.05, 4.69) is 25.3 Å². The summed E-state index contributed by atoms with van der Waals surface area (Å²) in [7, 11) is 0. The summed E-state index contributed by atoms with van der Waals surface area (Å²) in [4.78, 5) is 14.8. The number of hydrogen-bond acceptors (Lipinski definition) is 7. The molecule has 5 N–H and O–H groups in total. The Kier molecular flexibility index (Phi) is 3.41. The molecule has 2 heterocycles. The van der Waals surface area contributed by atoms with Crippen molar-refractivity contribution in [3.63, 3.8) is 0 Å². The second kappa shape index (κ2) is 4.84. The van der Waals surface area contributed by atoms with Gasteiger partial charge in [-0.3, -0.25) is 0 Å². The number of rotatable bonds is 5. The number of aromatic nitrogens is 4. The van der Waals surface area contributed by atoms with E-state index in [-0.39, 0.29) is 6.54 Å². The van der Waals surface area contributed by atoms with Crippen LogP contribution < -0.4 is 5.32 Å². The molecule has 0 unspecified atom stereocenters. The number of nitrogens with zero attached hydrogens (tertiary/aromatic N) is 3. The fourth-order valence-electron chi connectivity index (χ4n) is 1.42. The van der Waals surface area contributed by atoms with Gasteiger partial charge in [-0.25, -0.2) is 15.0 Å². The average Bonchev–Trinajstić information content (AvgIpc) is 2.84. The molecule has 98 valence electrons. The van der Waals surface area contributed by atoms with Gasteiger partial charge in [0, 0.05) is 6.54 Å². The molecule has 2 aromatic heterocycles. The summed E-state index contributed by atoms with van der Waals surface area (Å²) >= 11 is 0. The van der Waals surface area contributed by atoms with Gasteiger partial charge in [0.15, 0.2) is 11.5 Å². The molecule has 0 aliphatic rings. The molecule has 0 spiro atoms. The lowest BCUT2D eigenvalue weighted by Gasteiger charge is -2.27. The van der Waals surface area contributed by atoms with Crippen LogP contribution in [-0.4, -0.2) is 60.1 Å². The third-order valence-electron chi connectivity index (χ3n) is 2.72. The molecule has 0 saturated carbocycles. The van der Waals surface area contributed by atoms with Gasteiger partial charge in [-0.2, -0.15) is 0 Å². The van der Waals surface area contributed by atoms with E-state index in [0.717, 1.165) is 0 Å². The number of aliphatic hydroxyl groups excluding tert-OH is 2. The van der Waals surface area contributed by atoms with Gasteiger partial charge < -0.3 is 25.6 Å². The molecule has 0 aliphatic heterocycles. The minimum Gasteiger partial charge on any atom is -0.393 e. The smallest absolute Gasteiger partial charge is 0.182 e. The molecule has 18 heavy (non-hydrogen) atoms. The van der Waals surface area contributed by atoms with Gasteiger partial charge in [0.05, 0.1) is 12.9 Å². The highest BCUT2D eigenvalue weighted by Crippen LogP contribution is 2.15. The molecular weight excluding hydrogens is 238 g/mol. The van der Waals surface area contributed by atoms with E-state index in [0.29, 0.717) is 17.0 Å². The van der Waals surface area contributed by atoms with Crippen LogP contribution >= 0.6 is 0 Å². The van der Waals surface area contributed by atoms with E-state index in [1.165, 1.54) is 19.6 Å². The molecule has 0 saturated heterocycles. The summed E-state index contributed by atoms with van der Waals surface area (Å²) in [6.07, 6.45) is 1.71. The number of imidazole rings is 1. The van der Waals surface area contributed by atoms with Crippen molar-refractivity contribution in [3.8, 4) is 0 Å². The Morgan fingerprint density at radius 2 is 2.22 bits per heavy atom. The summed E-state index contributed by atoms with van der Waals surface area (Å²) in [6, 6.07) is 0. The van der Waals surface area contributed by atoms with Crippen molar-refractivity contribution >= 4 is 17.0 Å². The minimum absolute atomic E-state index is 0.0404. The van der Waals surface area contributed by atoms with E-state index >= 15 is 0 Å². The topological polar surface area (TPSA) is 127 Å². The van der Waals surface area contributed by atoms with Crippen LogP contribution in [0.3, 0.4) is 0 Å². The van der Waals surface area contributed by atoms with Gasteiger partial charge in [0.25, 0.3) is 0 Å². The van der Waals surface area contributed by atoms with Gasteiger partial charge >= 0.3 is 0 Å². The molecule has 0 fully saturated rings. The van der Waals surface area contributed by atoms with Gasteiger partial charge in [0.2, 0.25) is 0 Å². The molecule has 8 heteroatoms. The standard InChI is InChI=1S/C10H15N5O3/c1-10(18,3-16)6(17)2-11-8-7-9(13-4-12-7)15-5-14-8/h4-6,16-18H,2-3H2,1H3,(H2,11,12,13,14,15)/t6-,10-/m1/s1. The van der Waals surface area contributed by atoms with Crippen molar-refractivity contribution < 1.29 is 15.3 Å². The van der Waals surface area contributed by atoms with Crippen molar-refractivity contribution in [1.29, 1.82) is 0 Å². The average molecular weight is 253 g/mol. The number of nitrogens with one attached hydrogen (secondary N) is 2. The van der Waals surface area contributed by atoms with Crippen molar-refractivity contribution in [3.05, 3.63) is 12.7 Å². The lowest BCUT2D eigenvalue weighted by Crippen LogP contribution is -2.46. The Balaban J connectivity index is 2.09. The van der Waals surface area contributed by atoms with Crippen molar-refractivity contribution in [2.45, 2.75) is 18.6 Å². The number of H-pyrrole nitrogens is 1. The lowest BCUT2D eigenvalue weighted by atomic mass is 10.0. The third-order valence-corrected chi connectivity index (χ3v) is 2.72. The van der Waals surface area contributed by atoms with E-state index in [1.807, 2.05) is 0 Å². The first-order chi connectivity index (χ1) is 8.54. The maximum absolute atomic E-state index is 9.72. The molecule has 0 bridgehead atoms. The Morgan fingerprint density at radius 3 is 2.94 bits per heavy atom. The van der Waals surface area contributed by atoms with Gasteiger partial charge in [-0.1, -0.05) is 0 Å². The zero-order valence-corrected chi connectivity index (χ0v) is 9.83. The van der Waals surface area contributed by atoms with E-state index < -0.39 is 18.3 Å². The van der Waals surface area contributed by atoms with Crippen LogP contribution in [0.25, 0.3) is 11.2 Å². The quantitative estimate of drug-likeness (QED) is 0.456. The van der Waals surface area contributed by atoms with Crippen LogP contribution in [0.1, 0.15) is 6.92 Å². The fourth-order valence-corrected chi connectivity index (χ4v) is 1.42. The highest BCUT2D eigenvalue weighted by atomic mass is 16.4. The van der Waals surface area contributed by atoms with Crippen LogP contribution in [0.5, 0.6) is 0 Å². The zero-order chi connectivity index (χ0) is 13.2. The highest BCUT2D eigenvalue weighted by Gasteiger charge is 2.29. The van der Waals surface area contributed by atoms with Gasteiger partial charge in [-0.05, 0) is 6.92 Å². The number of fused-ring (bicyclic) bond motifs is 1. The third kappa shape index (κ3) is 2.40. The summed E-state index contributed by atoms with van der Waals surface area (Å²) in [6.45, 7) is 0.864. The van der Waals surface area contributed by atoms with Gasteiger partial charge in [0.1, 0.15) is 23.5 Å². The number of aromatic amines is 1. The first-order valence-electron chi connectivity index (χ1n) is 5.44. The molecule has 2 rings (SSSR count). The molecule has 8 nitrogen and oxygen atoms in total. The van der Waals surface area contributed by atoms with Crippen LogP contribution in [0.15, 0.2) is 12.7 Å². The number of anilines is 1. The van der Waals surface area contributed by atoms with Gasteiger partial charge in [-0.15, -0.1) is 0 Å². The maximum Gasteiger partial charge on any atom is 0.182 e. The Hall–Kier alpha value is -1.77. The number of hydrogen-bond donors (Lipinski definition) is 5. The van der Waals surface area contributed by atoms with Crippen LogP contribution in [0.4, 0.5) is 5.82 Å². The Bertz CT molecular complexity index is 527. The van der Waals surface area contributed by atoms with E-state index in [4.69, 9.17) is 5.11 Å². The summed E-state index contributed by atoms with van der Waals surface area (Å²) in [5.41, 5.74) is -0.433. The predicted molar refractivity (Wildman–Crippen MR) is 63.9 cm³/mol. The fraction of sp³-hybridized carbons (Fsp3) is 0.500. The monoisotopic (exact) mass is 253 g/mol. The minimum atomic E-state index is -1.56. The molecule has 0 aromatic carbocycles. The first-order valence-corrected chi connectivity index (χ1v) is 5.44. The van der Waals surface area contributed by atoms with Crippen LogP contribution in [0.2, 0.25) is 0 Å². The maximum atomic E-state index is 9.72. The predicted octanol–water partition coefficient (Wildman–Crippen LogP) is -1.13. The lowest BCUT2D eigenvalue weighted by molar-refractivity contribution is -0.0859. The Labute approximate surface area is 103 Å². The van der Waals surface area contributed by atoms with Crippen LogP contribution in [0, 0.1) is 0 Å². The van der Waals surface area contributed by atoms with Crippen molar-refractivity contribution in [1.82, 2.24) is 19.9 Å². The molecule has 2 aromatic rings. The van der Waals surface area contributed by atoms with Crippen molar-refractivity contribution in [2.24, 2.45) is 0 Å². The van der Waals surface area contributed by atoms with Crippen LogP contribution in [-0.2, 0) is 0 Å². The summed E-state index contributed by atoms with van der Waals surface area (Å²) in [5, 5.41) is 31.2. The van der Waals surface area contributed by atoms with E-state index in [1.54, 1.807) is 0 Å². The van der Waals surface area contributed by atoms with Crippen molar-refractivity contribution in [2.75, 3.05) is 18.5 Å². The largest absolute Gasteiger partial charge is 0.393 e. The molecule has 2 atom stereocenters. The molecule has 0 radical (unpaired) electrons. The SMILES string of the molecule is C[C@@](O)(CO)[C@H](O)CNc1ncnc2nc[nH]c12. The summed E-state index contributed by atoms with van der Waals surface area (Å²) in [5.74, 6) is 0.477. The highest BCUT2D eigenvalue weighted by molar-refractivity contribution is 5.81. The summed E-state index contributed by atoms with van der Waals surface area (Å²) < 4.78 is 0. The second-order valence-corrected chi connectivity index (χ2v) is 4.24. The molecule has 0 aliphatic carbocycles. The molecule has 0 amide bonds. The second-order valence-electron chi connectivity index (χ2n) is 4.24. The zero-order valence-electron chi connectivity index (χ0n) is 9.83. The van der Waals surface area contributed by atoms with E-state index in [9.17, 15) is 10.2 Å². The first kappa shape index (κ1) is 12.7. The molecular formula is C10H15N5O3. The Morgan fingerprint density at radius 1 is 1.44 bits per heavy atom.